The van der Waals surface area contributed by atoms with Gasteiger partial charge in [0.1, 0.15) is 11.3 Å². The Balaban J connectivity index is 1.76. The van der Waals surface area contributed by atoms with Crippen LogP contribution in [0.25, 0.3) is 28.0 Å². The minimum atomic E-state index is -0.260. The van der Waals surface area contributed by atoms with Crippen LogP contribution in [0.15, 0.2) is 59.7 Å². The first kappa shape index (κ1) is 14.3. The second kappa shape index (κ2) is 5.71. The number of pyridine rings is 2. The van der Waals surface area contributed by atoms with Crippen LogP contribution in [0.3, 0.4) is 0 Å². The van der Waals surface area contributed by atoms with Gasteiger partial charge in [0.05, 0.1) is 24.1 Å². The standard InChI is InChI=1S/C17H13N5O2/c23-10-11-3-5-13(6-4-11)22-9-15(20-21-22)14-8-12-2-1-7-18-16(12)19-17(14)24/h1-9,23H,10H2,(H,18,19,24). The van der Waals surface area contributed by atoms with E-state index < -0.39 is 0 Å². The van der Waals surface area contributed by atoms with Crippen LogP contribution in [0.4, 0.5) is 0 Å². The molecule has 118 valence electrons. The largest absolute Gasteiger partial charge is 0.392 e. The Kier molecular flexibility index (Phi) is 3.40. The van der Waals surface area contributed by atoms with Gasteiger partial charge in [-0.25, -0.2) is 9.67 Å². The number of nitrogens with zero attached hydrogens (tertiary/aromatic N) is 4. The molecule has 0 spiro atoms. The molecule has 3 heterocycles. The number of aliphatic hydroxyl groups excluding tert-OH is 1. The molecule has 1 aromatic carbocycles. The fourth-order valence-corrected chi connectivity index (χ4v) is 2.49. The molecule has 0 saturated carbocycles. The molecule has 0 atom stereocenters. The number of hydrogen-bond donors (Lipinski definition) is 2. The average Bonchev–Trinajstić information content (AvgIpc) is 3.11. The third kappa shape index (κ3) is 2.46. The first-order chi connectivity index (χ1) is 11.7. The predicted molar refractivity (Wildman–Crippen MR) is 88.6 cm³/mol. The van der Waals surface area contributed by atoms with Crippen molar-refractivity contribution in [1.29, 1.82) is 0 Å². The third-order valence-electron chi connectivity index (χ3n) is 3.77. The van der Waals surface area contributed by atoms with Crippen LogP contribution in [-0.2, 0) is 6.61 Å². The molecule has 0 fully saturated rings. The summed E-state index contributed by atoms with van der Waals surface area (Å²) in [5.41, 5.74) is 2.81. The molecule has 0 unspecified atom stereocenters. The van der Waals surface area contributed by atoms with Crippen molar-refractivity contribution >= 4 is 11.0 Å². The molecule has 0 saturated heterocycles. The van der Waals surface area contributed by atoms with E-state index in [1.54, 1.807) is 23.1 Å². The highest BCUT2D eigenvalue weighted by Crippen LogP contribution is 2.17. The van der Waals surface area contributed by atoms with Crippen LogP contribution in [0.5, 0.6) is 0 Å². The van der Waals surface area contributed by atoms with E-state index in [2.05, 4.69) is 20.3 Å². The van der Waals surface area contributed by atoms with Gasteiger partial charge in [0.25, 0.3) is 5.56 Å². The number of benzene rings is 1. The highest BCUT2D eigenvalue weighted by Gasteiger charge is 2.11. The van der Waals surface area contributed by atoms with Gasteiger partial charge in [-0.1, -0.05) is 17.3 Å². The Morgan fingerprint density at radius 3 is 2.79 bits per heavy atom. The minimum absolute atomic E-state index is 0.0105. The summed E-state index contributed by atoms with van der Waals surface area (Å²) in [5, 5.41) is 18.1. The maximum atomic E-state index is 12.3. The maximum Gasteiger partial charge on any atom is 0.259 e. The SMILES string of the molecule is O=c1[nH]c2ncccc2cc1-c1cn(-c2ccc(CO)cc2)nn1. The maximum absolute atomic E-state index is 12.3. The monoisotopic (exact) mass is 319 g/mol. The zero-order chi connectivity index (χ0) is 16.5. The fraction of sp³-hybridized carbons (Fsp3) is 0.0588. The van der Waals surface area contributed by atoms with E-state index in [-0.39, 0.29) is 12.2 Å². The van der Waals surface area contributed by atoms with Gasteiger partial charge in [0.2, 0.25) is 0 Å². The van der Waals surface area contributed by atoms with Gasteiger partial charge in [-0.05, 0) is 35.9 Å². The van der Waals surface area contributed by atoms with Gasteiger partial charge < -0.3 is 10.1 Å². The highest BCUT2D eigenvalue weighted by molar-refractivity contribution is 5.79. The number of aromatic nitrogens is 5. The number of aliphatic hydroxyl groups is 1. The number of aromatic amines is 1. The van der Waals surface area contributed by atoms with Crippen molar-refractivity contribution in [3.05, 3.63) is 70.8 Å². The summed E-state index contributed by atoms with van der Waals surface area (Å²) in [7, 11) is 0. The first-order valence-electron chi connectivity index (χ1n) is 7.35. The van der Waals surface area contributed by atoms with Crippen molar-refractivity contribution < 1.29 is 5.11 Å². The van der Waals surface area contributed by atoms with E-state index in [0.717, 1.165) is 16.6 Å². The molecule has 0 radical (unpaired) electrons. The van der Waals surface area contributed by atoms with Gasteiger partial charge in [-0.15, -0.1) is 5.10 Å². The summed E-state index contributed by atoms with van der Waals surface area (Å²) in [6.45, 7) is -0.0105. The quantitative estimate of drug-likeness (QED) is 0.598. The Bertz CT molecular complexity index is 1070. The van der Waals surface area contributed by atoms with E-state index in [1.165, 1.54) is 0 Å². The lowest BCUT2D eigenvalue weighted by molar-refractivity contribution is 0.282. The van der Waals surface area contributed by atoms with Crippen LogP contribution in [0.2, 0.25) is 0 Å². The van der Waals surface area contributed by atoms with Gasteiger partial charge in [-0.3, -0.25) is 4.79 Å². The van der Waals surface area contributed by atoms with Gasteiger partial charge in [0, 0.05) is 11.6 Å². The second-order valence-corrected chi connectivity index (χ2v) is 5.33. The summed E-state index contributed by atoms with van der Waals surface area (Å²) >= 11 is 0. The van der Waals surface area contributed by atoms with E-state index in [0.29, 0.717) is 16.9 Å². The van der Waals surface area contributed by atoms with E-state index in [9.17, 15) is 4.79 Å². The van der Waals surface area contributed by atoms with Crippen LogP contribution < -0.4 is 5.56 Å². The third-order valence-corrected chi connectivity index (χ3v) is 3.77. The molecule has 4 aromatic rings. The van der Waals surface area contributed by atoms with Gasteiger partial charge in [0.15, 0.2) is 0 Å². The highest BCUT2D eigenvalue weighted by atomic mass is 16.3. The smallest absolute Gasteiger partial charge is 0.259 e. The summed E-state index contributed by atoms with van der Waals surface area (Å²) in [5.74, 6) is 0. The van der Waals surface area contributed by atoms with Crippen molar-refractivity contribution in [1.82, 2.24) is 25.0 Å². The van der Waals surface area contributed by atoms with Crippen molar-refractivity contribution in [2.45, 2.75) is 6.61 Å². The first-order valence-corrected chi connectivity index (χ1v) is 7.35. The molecule has 4 rings (SSSR count). The molecular weight excluding hydrogens is 306 g/mol. The Morgan fingerprint density at radius 2 is 2.00 bits per heavy atom. The number of fused-ring (bicyclic) bond motifs is 1. The molecule has 0 aliphatic carbocycles. The zero-order valence-electron chi connectivity index (χ0n) is 12.5. The Hall–Kier alpha value is -3.32. The number of H-pyrrole nitrogens is 1. The lowest BCUT2D eigenvalue weighted by Crippen LogP contribution is -2.09. The summed E-state index contributed by atoms with van der Waals surface area (Å²) in [6, 6.07) is 12.7. The second-order valence-electron chi connectivity index (χ2n) is 5.33. The Labute approximate surface area is 136 Å². The van der Waals surface area contributed by atoms with Gasteiger partial charge >= 0.3 is 0 Å². The molecule has 0 aliphatic rings. The lowest BCUT2D eigenvalue weighted by Gasteiger charge is -2.01. The lowest BCUT2D eigenvalue weighted by atomic mass is 10.1. The summed E-state index contributed by atoms with van der Waals surface area (Å²) in [6.07, 6.45) is 3.32. The van der Waals surface area contributed by atoms with Crippen molar-refractivity contribution in [3.63, 3.8) is 0 Å². The van der Waals surface area contributed by atoms with Crippen molar-refractivity contribution in [2.24, 2.45) is 0 Å². The molecule has 2 N–H and O–H groups in total. The Morgan fingerprint density at radius 1 is 1.17 bits per heavy atom. The zero-order valence-corrected chi connectivity index (χ0v) is 12.5. The summed E-state index contributed by atoms with van der Waals surface area (Å²) < 4.78 is 1.59. The topological polar surface area (TPSA) is 96.7 Å². The van der Waals surface area contributed by atoms with Gasteiger partial charge in [-0.2, -0.15) is 0 Å². The number of nitrogens with one attached hydrogen (secondary N) is 1. The van der Waals surface area contributed by atoms with E-state index in [1.807, 2.05) is 36.4 Å². The molecule has 0 aliphatic heterocycles. The van der Waals surface area contributed by atoms with Crippen molar-refractivity contribution in [3.8, 4) is 16.9 Å². The molecule has 7 heteroatoms. The average molecular weight is 319 g/mol. The molecule has 7 nitrogen and oxygen atoms in total. The van der Waals surface area contributed by atoms with E-state index in [4.69, 9.17) is 5.11 Å². The van der Waals surface area contributed by atoms with Crippen LogP contribution in [0.1, 0.15) is 5.56 Å². The summed E-state index contributed by atoms with van der Waals surface area (Å²) in [4.78, 5) is 19.1. The van der Waals surface area contributed by atoms with E-state index >= 15 is 0 Å². The number of hydrogen-bond acceptors (Lipinski definition) is 5. The molecular formula is C17H13N5O2. The number of rotatable bonds is 3. The van der Waals surface area contributed by atoms with Crippen LogP contribution >= 0.6 is 0 Å². The molecule has 24 heavy (non-hydrogen) atoms. The molecule has 0 bridgehead atoms. The van der Waals surface area contributed by atoms with Crippen molar-refractivity contribution in [2.75, 3.05) is 0 Å². The molecule has 0 amide bonds. The minimum Gasteiger partial charge on any atom is -0.392 e. The molecule has 3 aromatic heterocycles. The predicted octanol–water partition coefficient (Wildman–Crippen LogP) is 1.66. The van der Waals surface area contributed by atoms with Crippen LogP contribution in [0, 0.1) is 0 Å². The fourth-order valence-electron chi connectivity index (χ4n) is 2.49. The van der Waals surface area contributed by atoms with Crippen LogP contribution in [-0.4, -0.2) is 30.1 Å². The normalized spacial score (nSPS) is 11.0.